The summed E-state index contributed by atoms with van der Waals surface area (Å²) in [5, 5.41) is 3.82. The number of benzene rings is 1. The standard InChI is InChI=1S/C18H29N/c1-5-14(6-2)13-19-17-11-12-18(3,4)16-10-8-7-9-15(16)17/h7-10,14,17,19H,5-6,11-13H2,1-4H3. The second kappa shape index (κ2) is 6.09. The van der Waals surface area contributed by atoms with Gasteiger partial charge in [-0.3, -0.25) is 0 Å². The minimum Gasteiger partial charge on any atom is -0.310 e. The van der Waals surface area contributed by atoms with Gasteiger partial charge in [0.1, 0.15) is 0 Å². The Balaban J connectivity index is 2.12. The van der Waals surface area contributed by atoms with Gasteiger partial charge >= 0.3 is 0 Å². The predicted octanol–water partition coefficient (Wildman–Crippen LogP) is 4.82. The number of rotatable bonds is 5. The van der Waals surface area contributed by atoms with Gasteiger partial charge in [-0.05, 0) is 41.8 Å². The summed E-state index contributed by atoms with van der Waals surface area (Å²) < 4.78 is 0. The molecule has 1 aliphatic rings. The van der Waals surface area contributed by atoms with Crippen LogP contribution in [0.5, 0.6) is 0 Å². The second-order valence-corrected chi connectivity index (χ2v) is 6.65. The molecule has 0 aliphatic heterocycles. The van der Waals surface area contributed by atoms with Gasteiger partial charge in [-0.15, -0.1) is 0 Å². The van der Waals surface area contributed by atoms with E-state index in [9.17, 15) is 0 Å². The zero-order valence-electron chi connectivity index (χ0n) is 13.0. The van der Waals surface area contributed by atoms with Crippen molar-refractivity contribution in [2.75, 3.05) is 6.54 Å². The molecule has 1 heteroatoms. The van der Waals surface area contributed by atoms with Crippen LogP contribution in [0.15, 0.2) is 24.3 Å². The minimum atomic E-state index is 0.337. The van der Waals surface area contributed by atoms with Gasteiger partial charge in [0.2, 0.25) is 0 Å². The second-order valence-electron chi connectivity index (χ2n) is 6.65. The Morgan fingerprint density at radius 2 is 1.89 bits per heavy atom. The summed E-state index contributed by atoms with van der Waals surface area (Å²) in [4.78, 5) is 0. The lowest BCUT2D eigenvalue weighted by Gasteiger charge is -2.38. The Hall–Kier alpha value is -0.820. The van der Waals surface area contributed by atoms with Gasteiger partial charge in [0.15, 0.2) is 0 Å². The molecule has 1 aromatic carbocycles. The van der Waals surface area contributed by atoms with E-state index in [-0.39, 0.29) is 0 Å². The minimum absolute atomic E-state index is 0.337. The molecule has 1 unspecified atom stereocenters. The van der Waals surface area contributed by atoms with E-state index in [0.29, 0.717) is 11.5 Å². The smallest absolute Gasteiger partial charge is 0.0323 e. The van der Waals surface area contributed by atoms with Crippen molar-refractivity contribution in [1.82, 2.24) is 5.32 Å². The van der Waals surface area contributed by atoms with Gasteiger partial charge in [-0.2, -0.15) is 0 Å². The van der Waals surface area contributed by atoms with Crippen molar-refractivity contribution < 1.29 is 0 Å². The van der Waals surface area contributed by atoms with Crippen LogP contribution >= 0.6 is 0 Å². The Labute approximate surface area is 118 Å². The maximum Gasteiger partial charge on any atom is 0.0323 e. The van der Waals surface area contributed by atoms with Crippen molar-refractivity contribution in [2.24, 2.45) is 5.92 Å². The van der Waals surface area contributed by atoms with Crippen LogP contribution in [0.2, 0.25) is 0 Å². The molecule has 1 N–H and O–H groups in total. The highest BCUT2D eigenvalue weighted by molar-refractivity contribution is 5.38. The van der Waals surface area contributed by atoms with Crippen molar-refractivity contribution in [1.29, 1.82) is 0 Å². The Kier molecular flexibility index (Phi) is 4.67. The molecule has 0 heterocycles. The van der Waals surface area contributed by atoms with Gasteiger partial charge < -0.3 is 5.32 Å². The summed E-state index contributed by atoms with van der Waals surface area (Å²) in [6.07, 6.45) is 5.11. The lowest BCUT2D eigenvalue weighted by molar-refractivity contribution is 0.335. The van der Waals surface area contributed by atoms with Crippen molar-refractivity contribution >= 4 is 0 Å². The first-order valence-electron chi connectivity index (χ1n) is 7.91. The summed E-state index contributed by atoms with van der Waals surface area (Å²) in [5.41, 5.74) is 3.41. The lowest BCUT2D eigenvalue weighted by Crippen LogP contribution is -2.34. The van der Waals surface area contributed by atoms with E-state index in [2.05, 4.69) is 57.3 Å². The van der Waals surface area contributed by atoms with Crippen molar-refractivity contribution in [2.45, 2.75) is 64.8 Å². The van der Waals surface area contributed by atoms with Gasteiger partial charge in [-0.1, -0.05) is 64.8 Å². The first-order chi connectivity index (χ1) is 9.08. The van der Waals surface area contributed by atoms with Crippen molar-refractivity contribution in [3.63, 3.8) is 0 Å². The molecular weight excluding hydrogens is 230 g/mol. The zero-order chi connectivity index (χ0) is 13.9. The average molecular weight is 259 g/mol. The molecule has 1 atom stereocenters. The summed E-state index contributed by atoms with van der Waals surface area (Å²) in [7, 11) is 0. The summed E-state index contributed by atoms with van der Waals surface area (Å²) in [6, 6.07) is 9.57. The van der Waals surface area contributed by atoms with Gasteiger partial charge in [-0.25, -0.2) is 0 Å². The summed E-state index contributed by atoms with van der Waals surface area (Å²) >= 11 is 0. The molecule has 1 nitrogen and oxygen atoms in total. The van der Waals surface area contributed by atoms with Crippen LogP contribution in [0, 0.1) is 5.92 Å². The van der Waals surface area contributed by atoms with Crippen LogP contribution in [0.25, 0.3) is 0 Å². The molecule has 19 heavy (non-hydrogen) atoms. The SMILES string of the molecule is CCC(CC)CNC1CCC(C)(C)c2ccccc21. The highest BCUT2D eigenvalue weighted by Crippen LogP contribution is 2.41. The van der Waals surface area contributed by atoms with E-state index < -0.39 is 0 Å². The molecule has 0 spiro atoms. The van der Waals surface area contributed by atoms with Crippen LogP contribution in [-0.4, -0.2) is 6.54 Å². The third kappa shape index (κ3) is 3.20. The fourth-order valence-electron chi connectivity index (χ4n) is 3.31. The fraction of sp³-hybridized carbons (Fsp3) is 0.667. The molecule has 0 radical (unpaired) electrons. The third-order valence-electron chi connectivity index (χ3n) is 4.93. The van der Waals surface area contributed by atoms with E-state index >= 15 is 0 Å². The highest BCUT2D eigenvalue weighted by Gasteiger charge is 2.31. The van der Waals surface area contributed by atoms with Crippen LogP contribution < -0.4 is 5.32 Å². The van der Waals surface area contributed by atoms with Crippen LogP contribution in [0.3, 0.4) is 0 Å². The first kappa shape index (κ1) is 14.6. The lowest BCUT2D eigenvalue weighted by atomic mass is 9.71. The quantitative estimate of drug-likeness (QED) is 0.799. The number of fused-ring (bicyclic) bond motifs is 1. The molecule has 1 aromatic rings. The van der Waals surface area contributed by atoms with Gasteiger partial charge in [0.05, 0.1) is 0 Å². The molecule has 2 rings (SSSR count). The predicted molar refractivity (Wildman–Crippen MR) is 83.5 cm³/mol. The first-order valence-corrected chi connectivity index (χ1v) is 7.91. The van der Waals surface area contributed by atoms with Crippen molar-refractivity contribution in [3.8, 4) is 0 Å². The molecule has 1 aliphatic carbocycles. The molecule has 0 aromatic heterocycles. The molecule has 0 fully saturated rings. The molecular formula is C18H29N. The van der Waals surface area contributed by atoms with Gasteiger partial charge in [0.25, 0.3) is 0 Å². The fourth-order valence-corrected chi connectivity index (χ4v) is 3.31. The summed E-state index contributed by atoms with van der Waals surface area (Å²) in [6.45, 7) is 10.5. The monoisotopic (exact) mass is 259 g/mol. The van der Waals surface area contributed by atoms with Crippen LogP contribution in [-0.2, 0) is 5.41 Å². The Morgan fingerprint density at radius 3 is 2.58 bits per heavy atom. The largest absolute Gasteiger partial charge is 0.310 e. The molecule has 0 amide bonds. The average Bonchev–Trinajstić information content (AvgIpc) is 2.42. The van der Waals surface area contributed by atoms with Crippen LogP contribution in [0.1, 0.15) is 70.5 Å². The van der Waals surface area contributed by atoms with Crippen LogP contribution in [0.4, 0.5) is 0 Å². The van der Waals surface area contributed by atoms with Gasteiger partial charge in [0, 0.05) is 6.04 Å². The highest BCUT2D eigenvalue weighted by atomic mass is 14.9. The van der Waals surface area contributed by atoms with E-state index in [1.165, 1.54) is 31.2 Å². The maximum absolute atomic E-state index is 3.82. The molecule has 0 bridgehead atoms. The summed E-state index contributed by atoms with van der Waals surface area (Å²) in [5.74, 6) is 0.821. The van der Waals surface area contributed by atoms with E-state index in [0.717, 1.165) is 12.5 Å². The topological polar surface area (TPSA) is 12.0 Å². The van der Waals surface area contributed by atoms with E-state index in [1.54, 1.807) is 5.56 Å². The molecule has 106 valence electrons. The number of hydrogen-bond donors (Lipinski definition) is 1. The van der Waals surface area contributed by atoms with E-state index in [1.807, 2.05) is 0 Å². The van der Waals surface area contributed by atoms with Crippen molar-refractivity contribution in [3.05, 3.63) is 35.4 Å². The van der Waals surface area contributed by atoms with E-state index in [4.69, 9.17) is 0 Å². The number of nitrogens with one attached hydrogen (secondary N) is 1. The molecule has 0 saturated carbocycles. The molecule has 0 saturated heterocycles. The number of hydrogen-bond acceptors (Lipinski definition) is 1. The normalized spacial score (nSPS) is 21.4. The Bertz CT molecular complexity index is 404. The zero-order valence-corrected chi connectivity index (χ0v) is 13.0. The Morgan fingerprint density at radius 1 is 1.21 bits per heavy atom. The maximum atomic E-state index is 3.82. The third-order valence-corrected chi connectivity index (χ3v) is 4.93.